The molecule has 20 heavy (non-hydrogen) atoms. The van der Waals surface area contributed by atoms with Gasteiger partial charge in [-0.05, 0) is 12.5 Å². The van der Waals surface area contributed by atoms with Gasteiger partial charge in [-0.2, -0.15) is 0 Å². The van der Waals surface area contributed by atoms with E-state index in [1.54, 1.807) is 6.92 Å². The van der Waals surface area contributed by atoms with Gasteiger partial charge in [0.15, 0.2) is 0 Å². The zero-order valence-corrected chi connectivity index (χ0v) is 11.7. The molecule has 4 heteroatoms. The van der Waals surface area contributed by atoms with E-state index in [1.807, 2.05) is 37.3 Å². The van der Waals surface area contributed by atoms with E-state index >= 15 is 0 Å². The van der Waals surface area contributed by atoms with E-state index < -0.39 is 5.97 Å². The summed E-state index contributed by atoms with van der Waals surface area (Å²) in [6.07, 6.45) is 0.658. The first-order valence-electron chi connectivity index (χ1n) is 6.83. The van der Waals surface area contributed by atoms with Crippen molar-refractivity contribution in [2.45, 2.75) is 32.6 Å². The highest BCUT2D eigenvalue weighted by Gasteiger charge is 2.35. The third kappa shape index (κ3) is 2.90. The fraction of sp³-hybridized carbons (Fsp3) is 0.375. The van der Waals surface area contributed by atoms with Gasteiger partial charge in [0.1, 0.15) is 5.76 Å². The Kier molecular flexibility index (Phi) is 4.56. The minimum Gasteiger partial charge on any atom is -0.463 e. The number of ether oxygens (including phenoxy) is 2. The lowest BCUT2D eigenvalue weighted by atomic mass is 9.85. The first kappa shape index (κ1) is 14.3. The number of carbonyl (C=O) groups is 2. The summed E-state index contributed by atoms with van der Waals surface area (Å²) in [6.45, 7) is 3.92. The van der Waals surface area contributed by atoms with E-state index in [1.165, 1.54) is 0 Å². The van der Waals surface area contributed by atoms with Gasteiger partial charge in [0.05, 0.1) is 18.6 Å². The van der Waals surface area contributed by atoms with E-state index in [4.69, 9.17) is 9.47 Å². The van der Waals surface area contributed by atoms with E-state index in [0.717, 1.165) is 5.56 Å². The highest BCUT2D eigenvalue weighted by molar-refractivity contribution is 5.94. The predicted octanol–water partition coefficient (Wildman–Crippen LogP) is 2.94. The van der Waals surface area contributed by atoms with Crippen LogP contribution in [0.5, 0.6) is 0 Å². The van der Waals surface area contributed by atoms with Crippen molar-refractivity contribution in [2.24, 2.45) is 0 Å². The Morgan fingerprint density at radius 3 is 2.60 bits per heavy atom. The fourth-order valence-corrected chi connectivity index (χ4v) is 2.39. The highest BCUT2D eigenvalue weighted by atomic mass is 16.5. The van der Waals surface area contributed by atoms with Gasteiger partial charge in [-0.1, -0.05) is 37.3 Å². The molecule has 0 aromatic heterocycles. The number of hydrogen-bond donors (Lipinski definition) is 0. The van der Waals surface area contributed by atoms with Crippen molar-refractivity contribution >= 4 is 11.9 Å². The van der Waals surface area contributed by atoms with E-state index in [9.17, 15) is 9.59 Å². The summed E-state index contributed by atoms with van der Waals surface area (Å²) < 4.78 is 10.3. The van der Waals surface area contributed by atoms with Crippen LogP contribution in [0.15, 0.2) is 41.7 Å². The summed E-state index contributed by atoms with van der Waals surface area (Å²) in [5, 5.41) is 0. The number of cyclic esters (lactones) is 1. The molecule has 0 amide bonds. The molecule has 0 aliphatic carbocycles. The predicted molar refractivity (Wildman–Crippen MR) is 73.8 cm³/mol. The molecule has 1 unspecified atom stereocenters. The maximum absolute atomic E-state index is 12.2. The topological polar surface area (TPSA) is 52.6 Å². The van der Waals surface area contributed by atoms with Gasteiger partial charge in [-0.15, -0.1) is 0 Å². The number of carbonyl (C=O) groups excluding carboxylic acids is 2. The summed E-state index contributed by atoms with van der Waals surface area (Å²) in [5.41, 5.74) is 1.40. The molecule has 1 aliphatic heterocycles. The smallest absolute Gasteiger partial charge is 0.338 e. The van der Waals surface area contributed by atoms with E-state index in [-0.39, 0.29) is 18.3 Å². The van der Waals surface area contributed by atoms with Crippen molar-refractivity contribution in [3.63, 3.8) is 0 Å². The van der Waals surface area contributed by atoms with Crippen LogP contribution in [0.4, 0.5) is 0 Å². The summed E-state index contributed by atoms with van der Waals surface area (Å²) in [7, 11) is 0. The standard InChI is InChI=1S/C16H18O4/c1-3-13-15(16(18)19-4-2)12(10-14(17)20-13)11-8-6-5-7-9-11/h5-9,12H,3-4,10H2,1-2H3. The number of esters is 2. The molecule has 1 heterocycles. The van der Waals surface area contributed by atoms with Crippen LogP contribution in [0.2, 0.25) is 0 Å². The minimum atomic E-state index is -0.397. The van der Waals surface area contributed by atoms with Crippen molar-refractivity contribution < 1.29 is 19.1 Å². The van der Waals surface area contributed by atoms with Gasteiger partial charge < -0.3 is 9.47 Å². The first-order chi connectivity index (χ1) is 9.67. The average molecular weight is 274 g/mol. The minimum absolute atomic E-state index is 0.168. The molecule has 4 nitrogen and oxygen atoms in total. The molecule has 0 bridgehead atoms. The van der Waals surface area contributed by atoms with Gasteiger partial charge in [-0.25, -0.2) is 4.79 Å². The average Bonchev–Trinajstić information content (AvgIpc) is 2.47. The largest absolute Gasteiger partial charge is 0.463 e. The molecule has 0 spiro atoms. The van der Waals surface area contributed by atoms with Crippen LogP contribution in [0.25, 0.3) is 0 Å². The fourth-order valence-electron chi connectivity index (χ4n) is 2.39. The maximum atomic E-state index is 12.2. The van der Waals surface area contributed by atoms with Crippen molar-refractivity contribution in [3.05, 3.63) is 47.2 Å². The molecular formula is C16H18O4. The lowest BCUT2D eigenvalue weighted by Gasteiger charge is -2.26. The van der Waals surface area contributed by atoms with Crippen molar-refractivity contribution in [1.29, 1.82) is 0 Å². The molecule has 1 aliphatic rings. The lowest BCUT2D eigenvalue weighted by Crippen LogP contribution is -2.26. The second kappa shape index (κ2) is 6.37. The quantitative estimate of drug-likeness (QED) is 0.792. The molecule has 106 valence electrons. The van der Waals surface area contributed by atoms with Crippen molar-refractivity contribution in [2.75, 3.05) is 6.61 Å². The summed E-state index contributed by atoms with van der Waals surface area (Å²) in [6, 6.07) is 9.51. The van der Waals surface area contributed by atoms with Crippen LogP contribution in [0.3, 0.4) is 0 Å². The van der Waals surface area contributed by atoms with E-state index in [0.29, 0.717) is 24.4 Å². The summed E-state index contributed by atoms with van der Waals surface area (Å²) in [5.74, 6) is -0.561. The highest BCUT2D eigenvalue weighted by Crippen LogP contribution is 2.36. The van der Waals surface area contributed by atoms with Gasteiger partial charge in [0.25, 0.3) is 0 Å². The zero-order valence-electron chi connectivity index (χ0n) is 11.7. The maximum Gasteiger partial charge on any atom is 0.338 e. The van der Waals surface area contributed by atoms with Crippen molar-refractivity contribution in [3.8, 4) is 0 Å². The molecule has 0 saturated carbocycles. The third-order valence-corrected chi connectivity index (χ3v) is 3.28. The molecule has 2 rings (SSSR count). The van der Waals surface area contributed by atoms with Gasteiger partial charge in [0, 0.05) is 12.3 Å². The number of allylic oxidation sites excluding steroid dienone is 1. The van der Waals surface area contributed by atoms with Crippen LogP contribution in [0, 0.1) is 0 Å². The second-order valence-corrected chi connectivity index (χ2v) is 4.55. The summed E-state index contributed by atoms with van der Waals surface area (Å²) >= 11 is 0. The third-order valence-electron chi connectivity index (χ3n) is 3.28. The Bertz CT molecular complexity index is 531. The number of benzene rings is 1. The second-order valence-electron chi connectivity index (χ2n) is 4.55. The molecule has 0 fully saturated rings. The van der Waals surface area contributed by atoms with E-state index in [2.05, 4.69) is 0 Å². The molecular weight excluding hydrogens is 256 g/mol. The van der Waals surface area contributed by atoms with Crippen LogP contribution in [0.1, 0.15) is 38.2 Å². The molecule has 1 aromatic carbocycles. The number of rotatable bonds is 4. The Morgan fingerprint density at radius 2 is 2.00 bits per heavy atom. The Morgan fingerprint density at radius 1 is 1.30 bits per heavy atom. The Balaban J connectivity index is 2.46. The Hall–Kier alpha value is -2.10. The van der Waals surface area contributed by atoms with Crippen LogP contribution in [-0.2, 0) is 19.1 Å². The first-order valence-corrected chi connectivity index (χ1v) is 6.83. The Labute approximate surface area is 118 Å². The van der Waals surface area contributed by atoms with Crippen molar-refractivity contribution in [1.82, 2.24) is 0 Å². The normalized spacial score (nSPS) is 18.7. The zero-order chi connectivity index (χ0) is 14.5. The molecule has 0 N–H and O–H groups in total. The van der Waals surface area contributed by atoms with Gasteiger partial charge in [-0.3, -0.25) is 4.79 Å². The van der Waals surface area contributed by atoms with Crippen LogP contribution < -0.4 is 0 Å². The van der Waals surface area contributed by atoms with Crippen LogP contribution >= 0.6 is 0 Å². The lowest BCUT2D eigenvalue weighted by molar-refractivity contribution is -0.144. The molecule has 1 atom stereocenters. The number of hydrogen-bond acceptors (Lipinski definition) is 4. The molecule has 0 saturated heterocycles. The molecule has 1 aromatic rings. The van der Waals surface area contributed by atoms with Gasteiger partial charge >= 0.3 is 11.9 Å². The van der Waals surface area contributed by atoms with Crippen LogP contribution in [-0.4, -0.2) is 18.5 Å². The monoisotopic (exact) mass is 274 g/mol. The summed E-state index contributed by atoms with van der Waals surface area (Å²) in [4.78, 5) is 23.9. The molecule has 0 radical (unpaired) electrons. The van der Waals surface area contributed by atoms with Gasteiger partial charge in [0.2, 0.25) is 0 Å². The SMILES string of the molecule is CCOC(=O)C1=C(CC)OC(=O)CC1c1ccccc1.